The zero-order valence-corrected chi connectivity index (χ0v) is 13.5. The van der Waals surface area contributed by atoms with Crippen LogP contribution in [0.3, 0.4) is 0 Å². The number of carbonyl (C=O) groups is 3. The topological polar surface area (TPSA) is 69.7 Å². The first-order chi connectivity index (χ1) is 11.0. The van der Waals surface area contributed by atoms with Crippen molar-refractivity contribution in [3.05, 3.63) is 34.9 Å². The van der Waals surface area contributed by atoms with Gasteiger partial charge in [0.25, 0.3) is 5.91 Å². The van der Waals surface area contributed by atoms with Crippen LogP contribution in [0.2, 0.25) is 0 Å². The van der Waals surface area contributed by atoms with E-state index in [2.05, 4.69) is 5.32 Å². The fourth-order valence-electron chi connectivity index (χ4n) is 3.36. The predicted molar refractivity (Wildman–Crippen MR) is 85.1 cm³/mol. The predicted octanol–water partition coefficient (Wildman–Crippen LogP) is 1.46. The van der Waals surface area contributed by atoms with Crippen LogP contribution in [0.25, 0.3) is 0 Å². The van der Waals surface area contributed by atoms with Crippen LogP contribution in [0, 0.1) is 13.8 Å². The smallest absolute Gasteiger partial charge is 0.324 e. The number of carbonyl (C=O) groups excluding carboxylic acids is 3. The van der Waals surface area contributed by atoms with Crippen LogP contribution in [0.1, 0.15) is 34.3 Å². The fraction of sp³-hybridized carbons (Fsp3) is 0.471. The molecule has 2 saturated heterocycles. The number of likely N-dealkylation sites (tertiary alicyclic amines) is 1. The highest BCUT2D eigenvalue weighted by molar-refractivity contribution is 6.02. The molecule has 122 valence electrons. The van der Waals surface area contributed by atoms with E-state index in [4.69, 9.17) is 0 Å². The number of urea groups is 1. The van der Waals surface area contributed by atoms with Crippen molar-refractivity contribution in [3.63, 3.8) is 0 Å². The first-order valence-electron chi connectivity index (χ1n) is 7.94. The van der Waals surface area contributed by atoms with E-state index in [9.17, 15) is 14.4 Å². The summed E-state index contributed by atoms with van der Waals surface area (Å²) >= 11 is 0. The average Bonchev–Trinajstić information content (AvgIpc) is 2.86. The quantitative estimate of drug-likeness (QED) is 0.840. The molecule has 0 bridgehead atoms. The summed E-state index contributed by atoms with van der Waals surface area (Å²) in [6, 6.07) is 5.41. The second kappa shape index (κ2) is 6.02. The van der Waals surface area contributed by atoms with Crippen molar-refractivity contribution in [3.8, 4) is 0 Å². The largest absolute Gasteiger partial charge is 0.338 e. The van der Waals surface area contributed by atoms with Gasteiger partial charge in [-0.15, -0.1) is 0 Å². The van der Waals surface area contributed by atoms with Crippen LogP contribution >= 0.6 is 0 Å². The maximum Gasteiger partial charge on any atom is 0.324 e. The summed E-state index contributed by atoms with van der Waals surface area (Å²) in [5.74, 6) is -0.146. The molecule has 0 spiro atoms. The van der Waals surface area contributed by atoms with E-state index in [0.717, 1.165) is 16.7 Å². The Bertz CT molecular complexity index is 647. The fourth-order valence-corrected chi connectivity index (χ4v) is 3.36. The number of amides is 4. The van der Waals surface area contributed by atoms with Gasteiger partial charge >= 0.3 is 6.03 Å². The molecule has 0 aliphatic carbocycles. The second-order valence-corrected chi connectivity index (χ2v) is 6.26. The lowest BCUT2D eigenvalue weighted by Crippen LogP contribution is -2.49. The minimum atomic E-state index is -0.311. The molecule has 0 saturated carbocycles. The molecule has 4 amide bonds. The molecule has 6 heteroatoms. The van der Waals surface area contributed by atoms with E-state index in [1.54, 1.807) is 0 Å². The molecular weight excluding hydrogens is 294 g/mol. The molecule has 23 heavy (non-hydrogen) atoms. The van der Waals surface area contributed by atoms with Crippen molar-refractivity contribution in [1.82, 2.24) is 15.1 Å². The molecule has 2 aliphatic heterocycles. The standard InChI is InChI=1S/C17H21N3O3/c1-11-3-4-14(12(2)9-11)16(22)19-7-5-13(6-8-19)20-15(21)10-18-17(20)23/h3-4,9,13H,5-8,10H2,1-2H3,(H,18,23). The van der Waals surface area contributed by atoms with Crippen molar-refractivity contribution in [2.24, 2.45) is 0 Å². The number of nitrogens with one attached hydrogen (secondary N) is 1. The highest BCUT2D eigenvalue weighted by Crippen LogP contribution is 2.21. The SMILES string of the molecule is Cc1ccc(C(=O)N2CCC(N3C(=O)CNC3=O)CC2)c(C)c1. The van der Waals surface area contributed by atoms with Gasteiger partial charge in [-0.25, -0.2) is 4.79 Å². The zero-order valence-electron chi connectivity index (χ0n) is 13.5. The normalized spacial score (nSPS) is 19.2. The Labute approximate surface area is 135 Å². The Morgan fingerprint density at radius 3 is 2.43 bits per heavy atom. The molecule has 1 aromatic carbocycles. The molecule has 0 atom stereocenters. The Hall–Kier alpha value is -2.37. The minimum Gasteiger partial charge on any atom is -0.338 e. The lowest BCUT2D eigenvalue weighted by Gasteiger charge is -2.35. The number of hydrogen-bond donors (Lipinski definition) is 1. The van der Waals surface area contributed by atoms with Gasteiger partial charge in [0.1, 0.15) is 0 Å². The highest BCUT2D eigenvalue weighted by Gasteiger charge is 2.37. The van der Waals surface area contributed by atoms with Crippen molar-refractivity contribution < 1.29 is 14.4 Å². The van der Waals surface area contributed by atoms with Crippen LogP contribution in [-0.4, -0.2) is 53.3 Å². The molecule has 6 nitrogen and oxygen atoms in total. The maximum absolute atomic E-state index is 12.7. The summed E-state index contributed by atoms with van der Waals surface area (Å²) in [5, 5.41) is 2.55. The van der Waals surface area contributed by atoms with Crippen LogP contribution in [0.5, 0.6) is 0 Å². The van der Waals surface area contributed by atoms with Gasteiger partial charge in [0.05, 0.1) is 6.54 Å². The molecule has 0 radical (unpaired) electrons. The Balaban J connectivity index is 1.65. The van der Waals surface area contributed by atoms with Gasteiger partial charge in [-0.05, 0) is 38.3 Å². The van der Waals surface area contributed by atoms with Crippen molar-refractivity contribution in [2.45, 2.75) is 32.7 Å². The second-order valence-electron chi connectivity index (χ2n) is 6.26. The first kappa shape index (κ1) is 15.5. The van der Waals surface area contributed by atoms with Crippen molar-refractivity contribution in [2.75, 3.05) is 19.6 Å². The van der Waals surface area contributed by atoms with Crippen LogP contribution in [0.4, 0.5) is 4.79 Å². The number of piperidine rings is 1. The number of imide groups is 1. The molecule has 0 unspecified atom stereocenters. The monoisotopic (exact) mass is 315 g/mol. The Kier molecular flexibility index (Phi) is 4.07. The van der Waals surface area contributed by atoms with E-state index >= 15 is 0 Å². The molecule has 0 aromatic heterocycles. The number of rotatable bonds is 2. The van der Waals surface area contributed by atoms with Gasteiger partial charge in [0.2, 0.25) is 5.91 Å². The first-order valence-corrected chi connectivity index (χ1v) is 7.94. The lowest BCUT2D eigenvalue weighted by molar-refractivity contribution is -0.127. The third-order valence-corrected chi connectivity index (χ3v) is 4.61. The number of aryl methyl sites for hydroxylation is 2. The number of nitrogens with zero attached hydrogens (tertiary/aromatic N) is 2. The van der Waals surface area contributed by atoms with Crippen LogP contribution in [0.15, 0.2) is 18.2 Å². The molecule has 1 N–H and O–H groups in total. The van der Waals surface area contributed by atoms with E-state index in [1.807, 2.05) is 36.9 Å². The maximum atomic E-state index is 12.7. The summed E-state index contributed by atoms with van der Waals surface area (Å²) in [5.41, 5.74) is 2.84. The summed E-state index contributed by atoms with van der Waals surface area (Å²) in [7, 11) is 0. The summed E-state index contributed by atoms with van der Waals surface area (Å²) in [6.07, 6.45) is 1.27. The van der Waals surface area contributed by atoms with E-state index < -0.39 is 0 Å². The number of hydrogen-bond acceptors (Lipinski definition) is 3. The molecule has 3 rings (SSSR count). The minimum absolute atomic E-state index is 0.0261. The highest BCUT2D eigenvalue weighted by atomic mass is 16.2. The molecule has 2 heterocycles. The van der Waals surface area contributed by atoms with E-state index in [-0.39, 0.29) is 30.4 Å². The van der Waals surface area contributed by atoms with Gasteiger partial charge in [-0.2, -0.15) is 0 Å². The van der Waals surface area contributed by atoms with Gasteiger partial charge < -0.3 is 10.2 Å². The zero-order chi connectivity index (χ0) is 16.6. The third kappa shape index (κ3) is 2.93. The summed E-state index contributed by atoms with van der Waals surface area (Å²) in [6.45, 7) is 5.16. The third-order valence-electron chi connectivity index (χ3n) is 4.61. The number of benzene rings is 1. The Morgan fingerprint density at radius 1 is 1.17 bits per heavy atom. The van der Waals surface area contributed by atoms with Crippen LogP contribution in [-0.2, 0) is 4.79 Å². The van der Waals surface area contributed by atoms with Crippen LogP contribution < -0.4 is 5.32 Å². The van der Waals surface area contributed by atoms with E-state index in [0.29, 0.717) is 25.9 Å². The molecule has 1 aromatic rings. The van der Waals surface area contributed by atoms with Gasteiger partial charge in [-0.3, -0.25) is 14.5 Å². The molecule has 2 fully saturated rings. The van der Waals surface area contributed by atoms with E-state index in [1.165, 1.54) is 4.90 Å². The lowest BCUT2D eigenvalue weighted by atomic mass is 10.0. The molecular formula is C17H21N3O3. The average molecular weight is 315 g/mol. The summed E-state index contributed by atoms with van der Waals surface area (Å²) in [4.78, 5) is 39.3. The van der Waals surface area contributed by atoms with Gasteiger partial charge in [0, 0.05) is 24.7 Å². The Morgan fingerprint density at radius 2 is 1.87 bits per heavy atom. The molecule has 2 aliphatic rings. The van der Waals surface area contributed by atoms with Gasteiger partial charge in [0.15, 0.2) is 0 Å². The van der Waals surface area contributed by atoms with Crippen molar-refractivity contribution in [1.29, 1.82) is 0 Å². The van der Waals surface area contributed by atoms with Gasteiger partial charge in [-0.1, -0.05) is 17.7 Å². The van der Waals surface area contributed by atoms with Crippen molar-refractivity contribution >= 4 is 17.8 Å². The summed E-state index contributed by atoms with van der Waals surface area (Å²) < 4.78 is 0.